The maximum absolute atomic E-state index is 8.52. The van der Waals surface area contributed by atoms with Gasteiger partial charge in [0.15, 0.2) is 0 Å². The molecule has 2 aromatic carbocycles. The first-order valence-corrected chi connectivity index (χ1v) is 13.1. The Labute approximate surface area is 288 Å². The van der Waals surface area contributed by atoms with Crippen LogP contribution in [0.3, 0.4) is 0 Å². The molecule has 0 amide bonds. The zero-order valence-corrected chi connectivity index (χ0v) is 27.2. The van der Waals surface area contributed by atoms with Gasteiger partial charge in [-0.3, -0.25) is 36.8 Å². The number of benzene rings is 2. The van der Waals surface area contributed by atoms with Crippen LogP contribution in [0.15, 0.2) is 97.6 Å². The van der Waals surface area contributed by atoms with Gasteiger partial charge in [-0.05, 0) is 24.3 Å². The summed E-state index contributed by atoms with van der Waals surface area (Å²) in [7, 11) is -10.3. The van der Waals surface area contributed by atoms with Crippen molar-refractivity contribution in [3.05, 3.63) is 97.6 Å². The molecule has 6 aromatic rings. The first-order valence-electron chi connectivity index (χ1n) is 10.4. The summed E-state index contributed by atoms with van der Waals surface area (Å²) in [6, 6.07) is 24.3. The van der Waals surface area contributed by atoms with Gasteiger partial charge < -0.3 is 56.5 Å². The van der Waals surface area contributed by atoms with Crippen LogP contribution in [0.2, 0.25) is 0 Å². The van der Waals surface area contributed by atoms with Gasteiger partial charge in [0.25, 0.3) is 0 Å². The van der Waals surface area contributed by atoms with Gasteiger partial charge in [0.2, 0.25) is 0 Å². The molecule has 47 heavy (non-hydrogen) atoms. The second-order valence-electron chi connectivity index (χ2n) is 7.25. The van der Waals surface area contributed by atoms with Crippen molar-refractivity contribution >= 4 is 64.4 Å². The van der Waals surface area contributed by atoms with Crippen molar-refractivity contribution < 1.29 is 108 Å². The molecule has 0 bridgehead atoms. The summed E-state index contributed by atoms with van der Waals surface area (Å²) in [6.07, 6.45) is 7.21. The molecule has 0 spiro atoms. The molecule has 0 aliphatic rings. The van der Waals surface area contributed by atoms with Gasteiger partial charge in [0.05, 0.1) is 22.1 Å². The fraction of sp³-hybridized carbons (Fsp3) is 0. The Morgan fingerprint density at radius 3 is 0.702 bits per heavy atom. The Balaban J connectivity index is -0.0000000928. The average molecular weight is 790 g/mol. The van der Waals surface area contributed by atoms with Crippen LogP contribution < -0.4 is 0 Å². The number of nitrogens with zero attached hydrogens (tertiary/aromatic N) is 4. The third-order valence-electron chi connectivity index (χ3n) is 4.69. The predicted molar refractivity (Wildman–Crippen MR) is 160 cm³/mol. The van der Waals surface area contributed by atoms with E-state index in [1.54, 1.807) is 24.8 Å². The quantitative estimate of drug-likeness (QED) is 0.0512. The molecule has 6 rings (SSSR count). The fourth-order valence-corrected chi connectivity index (χ4v) is 3.36. The third-order valence-corrected chi connectivity index (χ3v) is 4.69. The van der Waals surface area contributed by atoms with Crippen molar-refractivity contribution in [1.29, 1.82) is 0 Å². The Morgan fingerprint density at radius 2 is 0.553 bits per heavy atom. The van der Waals surface area contributed by atoms with Crippen molar-refractivity contribution in [2.24, 2.45) is 0 Å². The number of hydrogen-bond acceptors (Lipinski definition) is 12. The topological polar surface area (TPSA) is 433 Å². The molecule has 262 valence electrons. The Morgan fingerprint density at radius 1 is 0.404 bits per heavy atom. The molecule has 4 heterocycles. The first-order chi connectivity index (χ1) is 17.9. The summed E-state index contributed by atoms with van der Waals surface area (Å²) >= 11 is 0. The van der Waals surface area contributed by atoms with Crippen LogP contribution in [0.1, 0.15) is 0 Å². The van der Waals surface area contributed by atoms with Gasteiger partial charge >= 0.3 is 34.1 Å². The zero-order valence-electron chi connectivity index (χ0n) is 23.4. The molecular weight excluding hydrogens is 760 g/mol. The maximum Gasteiger partial charge on any atom is 3.00 e. The molecule has 0 aliphatic heterocycles. The maximum atomic E-state index is 8.52. The monoisotopic (exact) mass is 790 g/mol. The Hall–Kier alpha value is -3.42. The second-order valence-corrected chi connectivity index (χ2v) is 8.88. The van der Waals surface area contributed by atoms with E-state index < -0.39 is 20.8 Å². The van der Waals surface area contributed by atoms with Crippen molar-refractivity contribution in [2.45, 2.75) is 0 Å². The number of pyridine rings is 4. The zero-order chi connectivity index (χ0) is 27.8. The molecular formula is C24H30Fe2N4O15S2+2. The summed E-state index contributed by atoms with van der Waals surface area (Å²) in [5.74, 6) is 0. The Bertz CT molecular complexity index is 1680. The molecule has 0 saturated carbocycles. The smallest absolute Gasteiger partial charge is 2.00 e. The van der Waals surface area contributed by atoms with Crippen LogP contribution >= 0.6 is 0 Å². The standard InChI is InChI=1S/2C12H8N2.2Fe.2H2O4S.6H2O.O/c2*1-3-9-5-6-10-4-2-8-14-12(10)11(9)13-7-1;;;2*1-5(2,3)4;;;;;;;/h2*1-8H;;;2*(H2,1,2,3,4);6*1H2;/q;;2*+3;;;;;;;;;-2/p-2. The van der Waals surface area contributed by atoms with Crippen molar-refractivity contribution in [1.82, 2.24) is 19.9 Å². The average Bonchev–Trinajstić information content (AvgIpc) is 2.87. The number of aromatic nitrogens is 4. The van der Waals surface area contributed by atoms with Crippen molar-refractivity contribution in [3.8, 4) is 0 Å². The number of hydrogen-bond donors (Lipinski definition) is 0. The minimum absolute atomic E-state index is 0. The van der Waals surface area contributed by atoms with E-state index >= 15 is 0 Å². The van der Waals surface area contributed by atoms with Gasteiger partial charge in [-0.25, -0.2) is 0 Å². The molecule has 0 fully saturated rings. The van der Waals surface area contributed by atoms with Gasteiger partial charge in [0, 0.05) is 67.1 Å². The fourth-order valence-electron chi connectivity index (χ4n) is 3.36. The summed E-state index contributed by atoms with van der Waals surface area (Å²) < 4.78 is 68.2. The van der Waals surface area contributed by atoms with E-state index in [4.69, 9.17) is 35.0 Å². The van der Waals surface area contributed by atoms with Crippen LogP contribution in [-0.2, 0) is 71.4 Å². The van der Waals surface area contributed by atoms with Crippen molar-refractivity contribution in [3.63, 3.8) is 0 Å². The van der Waals surface area contributed by atoms with Crippen LogP contribution in [-0.4, -0.2) is 76.9 Å². The van der Waals surface area contributed by atoms with E-state index in [0.29, 0.717) is 0 Å². The summed E-state index contributed by atoms with van der Waals surface area (Å²) in [5, 5.41) is 4.55. The molecule has 19 nitrogen and oxygen atoms in total. The van der Waals surface area contributed by atoms with Crippen LogP contribution in [0.5, 0.6) is 0 Å². The van der Waals surface area contributed by atoms with Gasteiger partial charge in [-0.2, -0.15) is 0 Å². The van der Waals surface area contributed by atoms with Crippen LogP contribution in [0.25, 0.3) is 43.6 Å². The van der Waals surface area contributed by atoms with E-state index in [1.165, 1.54) is 0 Å². The van der Waals surface area contributed by atoms with Gasteiger partial charge in [-0.1, -0.05) is 48.5 Å². The molecule has 0 saturated heterocycles. The van der Waals surface area contributed by atoms with Gasteiger partial charge in [0.1, 0.15) is 0 Å². The molecule has 2 radical (unpaired) electrons. The van der Waals surface area contributed by atoms with E-state index in [9.17, 15) is 0 Å². The van der Waals surface area contributed by atoms with E-state index in [0.717, 1.165) is 43.6 Å². The summed E-state index contributed by atoms with van der Waals surface area (Å²) in [6.45, 7) is 0. The van der Waals surface area contributed by atoms with Gasteiger partial charge in [-0.15, -0.1) is 0 Å². The molecule has 0 atom stereocenters. The van der Waals surface area contributed by atoms with E-state index in [-0.39, 0.29) is 72.5 Å². The minimum atomic E-state index is -5.17. The largest absolute Gasteiger partial charge is 3.00 e. The van der Waals surface area contributed by atoms with Crippen LogP contribution in [0.4, 0.5) is 0 Å². The SMILES string of the molecule is O.O.O.O.O=S(=O)([O-])[O-].O=S(=O)([O-])[O-].[Fe+3].[Fe+3].[O-2].[OH3+].[OH3+].c1cnc2c(c1)ccc1cccnc12.c1cnc2c(c1)ccc1cccnc12. The second kappa shape index (κ2) is 26.6. The Kier molecular flexibility index (Phi) is 33.5. The molecule has 0 unspecified atom stereocenters. The third kappa shape index (κ3) is 20.4. The van der Waals surface area contributed by atoms with E-state index in [2.05, 4.69) is 68.5 Å². The normalized spacial score (nSPS) is 8.94. The molecule has 4 aromatic heterocycles. The number of fused-ring (bicyclic) bond motifs is 6. The first kappa shape index (κ1) is 59.0. The summed E-state index contributed by atoms with van der Waals surface area (Å²) in [4.78, 5) is 17.4. The molecule has 0 aliphatic carbocycles. The molecule has 23 heteroatoms. The predicted octanol–water partition coefficient (Wildman–Crippen LogP) is -2.38. The summed E-state index contributed by atoms with van der Waals surface area (Å²) in [5.41, 5.74) is 3.91. The molecule has 14 N–H and O–H groups in total. The van der Waals surface area contributed by atoms with Crippen molar-refractivity contribution in [2.75, 3.05) is 0 Å². The van der Waals surface area contributed by atoms with Crippen LogP contribution in [0, 0.1) is 0 Å². The number of rotatable bonds is 0. The van der Waals surface area contributed by atoms with E-state index in [1.807, 2.05) is 24.3 Å². The minimum Gasteiger partial charge on any atom is -2.00 e.